The third-order valence-electron chi connectivity index (χ3n) is 2.11. The molecule has 2 nitrogen and oxygen atoms in total. The number of ketones is 1. The molecule has 0 amide bonds. The normalized spacial score (nSPS) is 12.5. The second-order valence-electron chi connectivity index (χ2n) is 3.21. The number of unbranched alkanes of at least 4 members (excludes halogenated alkanes) is 2. The van der Waals surface area contributed by atoms with Crippen LogP contribution < -0.4 is 0 Å². The standard InChI is InChI=1S/C10H18O2/c1-3-4-5-6-10(7-8-11)9(2)12/h8,10H,3-7H2,1-2H3/t10-/m0/s1. The fraction of sp³-hybridized carbons (Fsp3) is 0.800. The molecule has 0 aromatic carbocycles. The van der Waals surface area contributed by atoms with E-state index in [-0.39, 0.29) is 11.7 Å². The molecule has 0 bridgehead atoms. The van der Waals surface area contributed by atoms with Gasteiger partial charge in [0, 0.05) is 12.3 Å². The summed E-state index contributed by atoms with van der Waals surface area (Å²) < 4.78 is 0. The van der Waals surface area contributed by atoms with Gasteiger partial charge in [0.25, 0.3) is 0 Å². The number of Topliss-reactive ketones (excluding diaryl/α,β-unsaturated/α-hetero) is 1. The first-order valence-electron chi connectivity index (χ1n) is 4.66. The van der Waals surface area contributed by atoms with Gasteiger partial charge in [-0.25, -0.2) is 0 Å². The van der Waals surface area contributed by atoms with Gasteiger partial charge in [-0.05, 0) is 13.3 Å². The van der Waals surface area contributed by atoms with Crippen LogP contribution in [0.15, 0.2) is 0 Å². The molecule has 0 aliphatic carbocycles. The van der Waals surface area contributed by atoms with Crippen molar-refractivity contribution in [1.82, 2.24) is 0 Å². The van der Waals surface area contributed by atoms with E-state index in [2.05, 4.69) is 6.92 Å². The summed E-state index contributed by atoms with van der Waals surface area (Å²) in [6.07, 6.45) is 5.50. The highest BCUT2D eigenvalue weighted by Crippen LogP contribution is 2.13. The molecular formula is C10H18O2. The minimum absolute atomic E-state index is 0.0194. The van der Waals surface area contributed by atoms with E-state index in [0.29, 0.717) is 6.42 Å². The van der Waals surface area contributed by atoms with Crippen molar-refractivity contribution in [2.75, 3.05) is 0 Å². The second kappa shape index (κ2) is 7.01. The molecule has 0 saturated heterocycles. The van der Waals surface area contributed by atoms with Crippen molar-refractivity contribution in [3.05, 3.63) is 0 Å². The van der Waals surface area contributed by atoms with Crippen LogP contribution in [-0.2, 0) is 9.59 Å². The fourth-order valence-corrected chi connectivity index (χ4v) is 1.24. The van der Waals surface area contributed by atoms with E-state index < -0.39 is 0 Å². The molecule has 70 valence electrons. The molecule has 0 aliphatic heterocycles. The summed E-state index contributed by atoms with van der Waals surface area (Å²) in [4.78, 5) is 21.2. The zero-order valence-electron chi connectivity index (χ0n) is 8.01. The van der Waals surface area contributed by atoms with E-state index in [1.54, 1.807) is 6.92 Å². The van der Waals surface area contributed by atoms with Crippen molar-refractivity contribution in [3.8, 4) is 0 Å². The summed E-state index contributed by atoms with van der Waals surface area (Å²) in [5, 5.41) is 0. The molecule has 0 rings (SSSR count). The molecule has 0 radical (unpaired) electrons. The lowest BCUT2D eigenvalue weighted by molar-refractivity contribution is -0.123. The molecule has 0 aliphatic rings. The number of carbonyl (C=O) groups is 2. The van der Waals surface area contributed by atoms with Gasteiger partial charge >= 0.3 is 0 Å². The molecule has 2 heteroatoms. The van der Waals surface area contributed by atoms with Crippen LogP contribution >= 0.6 is 0 Å². The summed E-state index contributed by atoms with van der Waals surface area (Å²) in [5.74, 6) is 0.132. The number of aldehydes is 1. The number of hydrogen-bond acceptors (Lipinski definition) is 2. The maximum absolute atomic E-state index is 11.0. The van der Waals surface area contributed by atoms with Crippen LogP contribution in [0.25, 0.3) is 0 Å². The third-order valence-corrected chi connectivity index (χ3v) is 2.11. The van der Waals surface area contributed by atoms with Crippen LogP contribution in [0.5, 0.6) is 0 Å². The molecule has 0 N–H and O–H groups in total. The Hall–Kier alpha value is -0.660. The Balaban J connectivity index is 3.63. The Morgan fingerprint density at radius 2 is 2.08 bits per heavy atom. The highest BCUT2D eigenvalue weighted by atomic mass is 16.1. The summed E-state index contributed by atoms with van der Waals surface area (Å²) >= 11 is 0. The lowest BCUT2D eigenvalue weighted by Crippen LogP contribution is -2.11. The summed E-state index contributed by atoms with van der Waals surface area (Å²) in [7, 11) is 0. The average Bonchev–Trinajstić information content (AvgIpc) is 2.03. The van der Waals surface area contributed by atoms with E-state index in [1.807, 2.05) is 0 Å². The SMILES string of the molecule is CCCCC[C@@H](CC=O)C(C)=O. The largest absolute Gasteiger partial charge is 0.303 e. The second-order valence-corrected chi connectivity index (χ2v) is 3.21. The van der Waals surface area contributed by atoms with Gasteiger partial charge in [-0.15, -0.1) is 0 Å². The lowest BCUT2D eigenvalue weighted by Gasteiger charge is -2.08. The molecule has 0 aromatic heterocycles. The van der Waals surface area contributed by atoms with Gasteiger partial charge in [0.15, 0.2) is 0 Å². The summed E-state index contributed by atoms with van der Waals surface area (Å²) in [6.45, 7) is 3.70. The van der Waals surface area contributed by atoms with Crippen molar-refractivity contribution >= 4 is 12.1 Å². The Labute approximate surface area is 74.3 Å². The van der Waals surface area contributed by atoms with Crippen molar-refractivity contribution in [1.29, 1.82) is 0 Å². The summed E-state index contributed by atoms with van der Waals surface area (Å²) in [6, 6.07) is 0. The van der Waals surface area contributed by atoms with Crippen LogP contribution in [-0.4, -0.2) is 12.1 Å². The smallest absolute Gasteiger partial charge is 0.133 e. The van der Waals surface area contributed by atoms with Crippen LogP contribution in [0.1, 0.15) is 46.0 Å². The van der Waals surface area contributed by atoms with Gasteiger partial charge in [0.1, 0.15) is 12.1 Å². The quantitative estimate of drug-likeness (QED) is 0.434. The van der Waals surface area contributed by atoms with E-state index in [9.17, 15) is 9.59 Å². The summed E-state index contributed by atoms with van der Waals surface area (Å²) in [5.41, 5.74) is 0. The third kappa shape index (κ3) is 5.05. The van der Waals surface area contributed by atoms with Gasteiger partial charge < -0.3 is 4.79 Å². The lowest BCUT2D eigenvalue weighted by atomic mass is 9.95. The Morgan fingerprint density at radius 3 is 2.50 bits per heavy atom. The van der Waals surface area contributed by atoms with Gasteiger partial charge in [0.2, 0.25) is 0 Å². The highest BCUT2D eigenvalue weighted by Gasteiger charge is 2.12. The van der Waals surface area contributed by atoms with Gasteiger partial charge in [0.05, 0.1) is 0 Å². The molecule has 1 atom stereocenters. The molecule has 0 spiro atoms. The number of carbonyl (C=O) groups excluding carboxylic acids is 2. The van der Waals surface area contributed by atoms with Gasteiger partial charge in [-0.2, -0.15) is 0 Å². The fourth-order valence-electron chi connectivity index (χ4n) is 1.24. The van der Waals surface area contributed by atoms with Crippen LogP contribution in [0.3, 0.4) is 0 Å². The van der Waals surface area contributed by atoms with Crippen molar-refractivity contribution in [2.45, 2.75) is 46.0 Å². The maximum atomic E-state index is 11.0. The monoisotopic (exact) mass is 170 g/mol. The molecule has 0 aromatic rings. The van der Waals surface area contributed by atoms with Crippen LogP contribution in [0, 0.1) is 5.92 Å². The number of hydrogen-bond donors (Lipinski definition) is 0. The van der Waals surface area contributed by atoms with Crippen molar-refractivity contribution < 1.29 is 9.59 Å². The Kier molecular flexibility index (Phi) is 6.63. The van der Waals surface area contributed by atoms with E-state index in [0.717, 1.165) is 32.0 Å². The molecule has 12 heavy (non-hydrogen) atoms. The molecule has 0 fully saturated rings. The predicted molar refractivity (Wildman–Crippen MR) is 49.0 cm³/mol. The zero-order chi connectivity index (χ0) is 9.40. The van der Waals surface area contributed by atoms with Crippen molar-refractivity contribution in [2.24, 2.45) is 5.92 Å². The Morgan fingerprint density at radius 1 is 1.42 bits per heavy atom. The molecule has 0 unspecified atom stereocenters. The van der Waals surface area contributed by atoms with Crippen molar-refractivity contribution in [3.63, 3.8) is 0 Å². The average molecular weight is 170 g/mol. The highest BCUT2D eigenvalue weighted by molar-refractivity contribution is 5.80. The molecular weight excluding hydrogens is 152 g/mol. The first kappa shape index (κ1) is 11.3. The predicted octanol–water partition coefficient (Wildman–Crippen LogP) is 2.36. The first-order valence-corrected chi connectivity index (χ1v) is 4.66. The van der Waals surface area contributed by atoms with E-state index in [1.165, 1.54) is 0 Å². The molecule has 0 heterocycles. The maximum Gasteiger partial charge on any atom is 0.133 e. The topological polar surface area (TPSA) is 34.1 Å². The van der Waals surface area contributed by atoms with Crippen LogP contribution in [0.2, 0.25) is 0 Å². The van der Waals surface area contributed by atoms with E-state index >= 15 is 0 Å². The van der Waals surface area contributed by atoms with Crippen LogP contribution in [0.4, 0.5) is 0 Å². The zero-order valence-corrected chi connectivity index (χ0v) is 8.01. The first-order chi connectivity index (χ1) is 5.72. The van der Waals surface area contributed by atoms with Gasteiger partial charge in [-0.1, -0.05) is 26.2 Å². The number of rotatable bonds is 7. The minimum Gasteiger partial charge on any atom is -0.303 e. The van der Waals surface area contributed by atoms with E-state index in [4.69, 9.17) is 0 Å². The molecule has 0 saturated carbocycles. The van der Waals surface area contributed by atoms with Gasteiger partial charge in [-0.3, -0.25) is 4.79 Å². The Bertz CT molecular complexity index is 141. The minimum atomic E-state index is -0.0194.